The molecule has 0 radical (unpaired) electrons. The lowest BCUT2D eigenvalue weighted by Gasteiger charge is -2.18. The molecule has 1 aliphatic rings. The van der Waals surface area contributed by atoms with Crippen LogP contribution in [0, 0.1) is 23.0 Å². The van der Waals surface area contributed by atoms with Crippen molar-refractivity contribution in [3.63, 3.8) is 0 Å². The van der Waals surface area contributed by atoms with Crippen LogP contribution in [0.5, 0.6) is 0 Å². The zero-order valence-electron chi connectivity index (χ0n) is 11.4. The summed E-state index contributed by atoms with van der Waals surface area (Å²) in [5.74, 6) is 0.693. The van der Waals surface area contributed by atoms with Gasteiger partial charge in [0.2, 0.25) is 0 Å². The SMILES string of the molecule is COCC(NCc1cccc([N+](=O)[O-])c1C)C1CC1. The predicted octanol–water partition coefficient (Wildman–Crippen LogP) is 2.42. The third-order valence-electron chi connectivity index (χ3n) is 3.71. The van der Waals surface area contributed by atoms with Crippen molar-refractivity contribution in [1.29, 1.82) is 0 Å². The lowest BCUT2D eigenvalue weighted by atomic mass is 10.1. The number of benzene rings is 1. The lowest BCUT2D eigenvalue weighted by Crippen LogP contribution is -2.34. The van der Waals surface area contributed by atoms with E-state index in [1.165, 1.54) is 12.8 Å². The molecule has 0 bridgehead atoms. The first-order valence-corrected chi connectivity index (χ1v) is 6.58. The summed E-state index contributed by atoms with van der Waals surface area (Å²) < 4.78 is 5.22. The van der Waals surface area contributed by atoms with Crippen molar-refractivity contribution in [1.82, 2.24) is 5.32 Å². The fourth-order valence-corrected chi connectivity index (χ4v) is 2.34. The van der Waals surface area contributed by atoms with E-state index >= 15 is 0 Å². The van der Waals surface area contributed by atoms with Gasteiger partial charge in [-0.15, -0.1) is 0 Å². The van der Waals surface area contributed by atoms with E-state index in [-0.39, 0.29) is 10.6 Å². The van der Waals surface area contributed by atoms with Crippen molar-refractivity contribution in [3.8, 4) is 0 Å². The molecule has 0 heterocycles. The van der Waals surface area contributed by atoms with Crippen LogP contribution in [-0.2, 0) is 11.3 Å². The van der Waals surface area contributed by atoms with E-state index in [1.807, 2.05) is 6.07 Å². The molecule has 2 rings (SSSR count). The Balaban J connectivity index is 2.02. The Labute approximate surface area is 113 Å². The quantitative estimate of drug-likeness (QED) is 0.606. The van der Waals surface area contributed by atoms with Crippen molar-refractivity contribution in [2.75, 3.05) is 13.7 Å². The molecule has 0 spiro atoms. The minimum absolute atomic E-state index is 0.189. The second-order valence-electron chi connectivity index (χ2n) is 5.10. The zero-order valence-corrected chi connectivity index (χ0v) is 11.4. The Hall–Kier alpha value is -1.46. The number of nitro groups is 1. The highest BCUT2D eigenvalue weighted by molar-refractivity contribution is 5.44. The van der Waals surface area contributed by atoms with Gasteiger partial charge in [-0.1, -0.05) is 12.1 Å². The molecule has 19 heavy (non-hydrogen) atoms. The Morgan fingerprint density at radius 3 is 2.84 bits per heavy atom. The highest BCUT2D eigenvalue weighted by Crippen LogP contribution is 2.33. The normalized spacial score (nSPS) is 16.3. The second kappa shape index (κ2) is 6.12. The standard InChI is InChI=1S/C14H20N2O3/c1-10-12(4-3-5-14(10)16(17)18)8-15-13(9-19-2)11-6-7-11/h3-5,11,13,15H,6-9H2,1-2H3. The van der Waals surface area contributed by atoms with Crippen LogP contribution in [0.1, 0.15) is 24.0 Å². The first kappa shape index (κ1) is 14.0. The molecule has 104 valence electrons. The van der Waals surface area contributed by atoms with Gasteiger partial charge in [-0.3, -0.25) is 10.1 Å². The van der Waals surface area contributed by atoms with Gasteiger partial charge in [0.25, 0.3) is 5.69 Å². The van der Waals surface area contributed by atoms with Gasteiger partial charge in [0.05, 0.1) is 11.5 Å². The molecule has 0 saturated heterocycles. The first-order valence-electron chi connectivity index (χ1n) is 6.58. The van der Waals surface area contributed by atoms with E-state index in [4.69, 9.17) is 4.74 Å². The molecule has 5 heteroatoms. The highest BCUT2D eigenvalue weighted by atomic mass is 16.6. The summed E-state index contributed by atoms with van der Waals surface area (Å²) in [6, 6.07) is 5.58. The summed E-state index contributed by atoms with van der Waals surface area (Å²) in [4.78, 5) is 10.6. The Morgan fingerprint density at radius 2 is 2.26 bits per heavy atom. The van der Waals surface area contributed by atoms with Crippen LogP contribution in [0.3, 0.4) is 0 Å². The summed E-state index contributed by atoms with van der Waals surface area (Å²) in [5, 5.41) is 14.4. The van der Waals surface area contributed by atoms with Gasteiger partial charge in [0.1, 0.15) is 0 Å². The fraction of sp³-hybridized carbons (Fsp3) is 0.571. The van der Waals surface area contributed by atoms with Gasteiger partial charge in [-0.05, 0) is 31.2 Å². The van der Waals surface area contributed by atoms with Gasteiger partial charge >= 0.3 is 0 Å². The number of hydrogen-bond donors (Lipinski definition) is 1. The van der Waals surface area contributed by atoms with E-state index < -0.39 is 0 Å². The molecule has 0 aromatic heterocycles. The molecule has 1 fully saturated rings. The van der Waals surface area contributed by atoms with Crippen LogP contribution in [0.25, 0.3) is 0 Å². The molecule has 1 saturated carbocycles. The summed E-state index contributed by atoms with van der Waals surface area (Å²) in [6.07, 6.45) is 2.49. The summed E-state index contributed by atoms with van der Waals surface area (Å²) in [5.41, 5.74) is 1.91. The van der Waals surface area contributed by atoms with E-state index in [1.54, 1.807) is 26.2 Å². The largest absolute Gasteiger partial charge is 0.383 e. The van der Waals surface area contributed by atoms with Crippen LogP contribution >= 0.6 is 0 Å². The molecule has 1 N–H and O–H groups in total. The molecule has 1 atom stereocenters. The smallest absolute Gasteiger partial charge is 0.272 e. The van der Waals surface area contributed by atoms with Crippen molar-refractivity contribution < 1.29 is 9.66 Å². The number of methoxy groups -OCH3 is 1. The van der Waals surface area contributed by atoms with Crippen LogP contribution < -0.4 is 5.32 Å². The van der Waals surface area contributed by atoms with Crippen LogP contribution in [0.4, 0.5) is 5.69 Å². The highest BCUT2D eigenvalue weighted by Gasteiger charge is 2.30. The van der Waals surface area contributed by atoms with Gasteiger partial charge < -0.3 is 10.1 Å². The Bertz CT molecular complexity index is 458. The molecule has 5 nitrogen and oxygen atoms in total. The number of nitrogens with zero attached hydrogens (tertiary/aromatic N) is 1. The average molecular weight is 264 g/mol. The molecule has 1 aromatic carbocycles. The molecular weight excluding hydrogens is 244 g/mol. The summed E-state index contributed by atoms with van der Waals surface area (Å²) in [7, 11) is 1.70. The predicted molar refractivity (Wildman–Crippen MR) is 73.1 cm³/mol. The van der Waals surface area contributed by atoms with Crippen molar-refractivity contribution in [2.45, 2.75) is 32.4 Å². The van der Waals surface area contributed by atoms with E-state index in [0.29, 0.717) is 25.1 Å². The molecule has 1 aliphatic carbocycles. The maximum absolute atomic E-state index is 10.9. The van der Waals surface area contributed by atoms with Crippen molar-refractivity contribution in [3.05, 3.63) is 39.4 Å². The van der Waals surface area contributed by atoms with Crippen LogP contribution in [-0.4, -0.2) is 24.7 Å². The summed E-state index contributed by atoms with van der Waals surface area (Å²) >= 11 is 0. The van der Waals surface area contributed by atoms with Crippen LogP contribution in [0.2, 0.25) is 0 Å². The molecule has 1 unspecified atom stereocenters. The van der Waals surface area contributed by atoms with Crippen LogP contribution in [0.15, 0.2) is 18.2 Å². The lowest BCUT2D eigenvalue weighted by molar-refractivity contribution is -0.385. The maximum Gasteiger partial charge on any atom is 0.272 e. The molecule has 1 aromatic rings. The minimum atomic E-state index is -0.327. The first-order chi connectivity index (χ1) is 9.13. The Morgan fingerprint density at radius 1 is 1.53 bits per heavy atom. The Kier molecular flexibility index (Phi) is 4.50. The minimum Gasteiger partial charge on any atom is -0.383 e. The number of nitrogens with one attached hydrogen (secondary N) is 1. The molecule has 0 amide bonds. The third-order valence-corrected chi connectivity index (χ3v) is 3.71. The van der Waals surface area contributed by atoms with Crippen molar-refractivity contribution in [2.24, 2.45) is 5.92 Å². The second-order valence-corrected chi connectivity index (χ2v) is 5.10. The number of hydrogen-bond acceptors (Lipinski definition) is 4. The van der Waals surface area contributed by atoms with E-state index in [2.05, 4.69) is 5.32 Å². The average Bonchev–Trinajstić information content (AvgIpc) is 3.19. The van der Waals surface area contributed by atoms with Gasteiger partial charge in [0.15, 0.2) is 0 Å². The van der Waals surface area contributed by atoms with Crippen molar-refractivity contribution >= 4 is 5.69 Å². The number of ether oxygens (including phenoxy) is 1. The molecular formula is C14H20N2O3. The van der Waals surface area contributed by atoms with Gasteiger partial charge in [-0.2, -0.15) is 0 Å². The molecule has 0 aliphatic heterocycles. The monoisotopic (exact) mass is 264 g/mol. The fourth-order valence-electron chi connectivity index (χ4n) is 2.34. The van der Waals surface area contributed by atoms with Gasteiger partial charge in [0, 0.05) is 31.3 Å². The number of rotatable bonds is 7. The summed E-state index contributed by atoms with van der Waals surface area (Å²) in [6.45, 7) is 3.15. The number of nitro benzene ring substituents is 1. The topological polar surface area (TPSA) is 64.4 Å². The van der Waals surface area contributed by atoms with E-state index in [0.717, 1.165) is 11.1 Å². The maximum atomic E-state index is 10.9. The zero-order chi connectivity index (χ0) is 13.8. The van der Waals surface area contributed by atoms with E-state index in [9.17, 15) is 10.1 Å². The van der Waals surface area contributed by atoms with Gasteiger partial charge in [-0.25, -0.2) is 0 Å². The third kappa shape index (κ3) is 3.52.